The Balaban J connectivity index is 1.67. The highest BCUT2D eigenvalue weighted by atomic mass is 79.9. The van der Waals surface area contributed by atoms with Gasteiger partial charge in [-0.1, -0.05) is 24.7 Å². The van der Waals surface area contributed by atoms with Crippen molar-refractivity contribution in [2.45, 2.75) is 75.6 Å². The first-order chi connectivity index (χ1) is 23.2. The first-order valence-electron chi connectivity index (χ1n) is 15.0. The van der Waals surface area contributed by atoms with Gasteiger partial charge in [0.2, 0.25) is 15.6 Å². The Labute approximate surface area is 299 Å². The minimum Gasteiger partial charge on any atom is -0.466 e. The monoisotopic (exact) mass is 830 g/mol. The number of sulfonamides is 1. The Hall–Kier alpha value is -3.23. The number of hydrogen-bond donors (Lipinski definition) is 1. The van der Waals surface area contributed by atoms with Crippen molar-refractivity contribution in [2.75, 3.05) is 12.8 Å². The van der Waals surface area contributed by atoms with Crippen molar-refractivity contribution in [3.63, 3.8) is 0 Å². The molecule has 0 unspecified atom stereocenters. The molecule has 3 aromatic heterocycles. The fraction of sp³-hybridized carbons (Fsp3) is 0.467. The predicted molar refractivity (Wildman–Crippen MR) is 174 cm³/mol. The number of carbonyl (C=O) groups is 3. The molecule has 10 nitrogen and oxygen atoms in total. The van der Waals surface area contributed by atoms with Gasteiger partial charge in [0.15, 0.2) is 5.06 Å². The van der Waals surface area contributed by atoms with Crippen LogP contribution in [0.1, 0.15) is 64.0 Å². The highest BCUT2D eigenvalue weighted by molar-refractivity contribution is 9.11. The molecular weight excluding hydrogens is 802 g/mol. The van der Waals surface area contributed by atoms with Crippen LogP contribution in [-0.2, 0) is 44.9 Å². The number of carbonyl (C=O) groups excluding carboxylic acids is 3. The Morgan fingerprint density at radius 1 is 1.10 bits per heavy atom. The van der Waals surface area contributed by atoms with Gasteiger partial charge in [0.05, 0.1) is 28.2 Å². The zero-order valence-electron chi connectivity index (χ0n) is 26.2. The van der Waals surface area contributed by atoms with Gasteiger partial charge in [-0.25, -0.2) is 8.42 Å². The van der Waals surface area contributed by atoms with Crippen LogP contribution in [0.5, 0.6) is 5.06 Å². The summed E-state index contributed by atoms with van der Waals surface area (Å²) in [6, 6.07) is 2.38. The van der Waals surface area contributed by atoms with Crippen LogP contribution in [0.2, 0.25) is 0 Å². The highest BCUT2D eigenvalue weighted by Gasteiger charge is 2.58. The molecule has 0 saturated carbocycles. The molecule has 0 aromatic carbocycles. The van der Waals surface area contributed by atoms with E-state index in [1.54, 1.807) is 13.0 Å². The summed E-state index contributed by atoms with van der Waals surface area (Å²) >= 11 is 4.80. The lowest BCUT2D eigenvalue weighted by Crippen LogP contribution is -2.70. The van der Waals surface area contributed by atoms with Crippen LogP contribution >= 0.6 is 38.6 Å². The maximum Gasteiger partial charge on any atom is 0.425 e. The van der Waals surface area contributed by atoms with Gasteiger partial charge in [-0.15, -0.1) is 11.3 Å². The molecule has 50 heavy (non-hydrogen) atoms. The van der Waals surface area contributed by atoms with Crippen LogP contribution in [0.25, 0.3) is 0 Å². The van der Waals surface area contributed by atoms with Crippen LogP contribution < -0.4 is 9.46 Å². The zero-order chi connectivity index (χ0) is 36.8. The number of piperidine rings is 1. The lowest BCUT2D eigenvalue weighted by Gasteiger charge is -2.50. The Morgan fingerprint density at radius 2 is 1.82 bits per heavy atom. The van der Waals surface area contributed by atoms with Crippen molar-refractivity contribution in [1.29, 1.82) is 0 Å². The summed E-state index contributed by atoms with van der Waals surface area (Å²) in [4.78, 5) is 48.0. The number of aromatic nitrogens is 1. The highest BCUT2D eigenvalue weighted by Crippen LogP contribution is 2.45. The number of pyridine rings is 1. The molecule has 3 amide bonds. The minimum absolute atomic E-state index is 0.0345. The van der Waals surface area contributed by atoms with E-state index in [1.165, 1.54) is 11.3 Å². The van der Waals surface area contributed by atoms with E-state index < -0.39 is 73.9 Å². The smallest absolute Gasteiger partial charge is 0.425 e. The molecule has 1 fully saturated rings. The quantitative estimate of drug-likeness (QED) is 0.266. The summed E-state index contributed by atoms with van der Waals surface area (Å²) in [6.45, 7) is 1.30. The van der Waals surface area contributed by atoms with Crippen LogP contribution in [0, 0.1) is 0 Å². The molecule has 20 heteroatoms. The molecule has 0 spiro atoms. The molecule has 1 N–H and O–H groups in total. The number of halogens is 7. The molecule has 0 aliphatic carbocycles. The first kappa shape index (κ1) is 38.0. The van der Waals surface area contributed by atoms with E-state index in [0.717, 1.165) is 40.5 Å². The van der Waals surface area contributed by atoms with E-state index >= 15 is 4.79 Å². The predicted octanol–water partition coefficient (Wildman–Crippen LogP) is 6.26. The SMILES string of the molecule is CCC[C@H]1N(C(=O)c2ncccc2C(F)(F)F)CCC[C@@]1(Oc1ccc(C(F)(F)F)s1)C(=O)N1Cc2sc(Br)cc2C[C@H]1C(=O)NS(C)(=O)=O. The lowest BCUT2D eigenvalue weighted by atomic mass is 9.79. The van der Waals surface area contributed by atoms with Crippen LogP contribution in [0.3, 0.4) is 0 Å². The molecule has 5 rings (SSSR count). The third-order valence-electron chi connectivity index (χ3n) is 8.33. The van der Waals surface area contributed by atoms with Crippen LogP contribution in [0.4, 0.5) is 26.3 Å². The normalized spacial score (nSPS) is 21.5. The van der Waals surface area contributed by atoms with Crippen molar-refractivity contribution in [1.82, 2.24) is 19.5 Å². The number of alkyl halides is 6. The number of thiophene rings is 2. The van der Waals surface area contributed by atoms with Gasteiger partial charge < -0.3 is 14.5 Å². The lowest BCUT2D eigenvalue weighted by molar-refractivity contribution is -0.164. The third kappa shape index (κ3) is 7.81. The van der Waals surface area contributed by atoms with Crippen molar-refractivity contribution in [3.05, 3.63) is 66.9 Å². The molecular formula is C30H29BrF6N4O6S3. The third-order valence-corrected chi connectivity index (χ3v) is 11.6. The topological polar surface area (TPSA) is 126 Å². The van der Waals surface area contributed by atoms with Gasteiger partial charge in [-0.05, 0) is 64.7 Å². The number of likely N-dealkylation sites (tertiary alicyclic amines) is 1. The summed E-state index contributed by atoms with van der Waals surface area (Å²) < 4.78 is 116. The molecule has 1 saturated heterocycles. The number of ether oxygens (including phenoxy) is 1. The van der Waals surface area contributed by atoms with Gasteiger partial charge in [-0.2, -0.15) is 26.3 Å². The second kappa shape index (κ2) is 14.1. The van der Waals surface area contributed by atoms with E-state index in [4.69, 9.17) is 4.74 Å². The van der Waals surface area contributed by atoms with E-state index in [1.807, 2.05) is 4.72 Å². The number of rotatable bonds is 8. The summed E-state index contributed by atoms with van der Waals surface area (Å²) in [6.07, 6.45) is -8.15. The molecule has 2 aliphatic rings. The van der Waals surface area contributed by atoms with Crippen molar-refractivity contribution >= 4 is 66.3 Å². The minimum atomic E-state index is -4.97. The largest absolute Gasteiger partial charge is 0.466 e. The maximum absolute atomic E-state index is 15.1. The van der Waals surface area contributed by atoms with E-state index in [9.17, 15) is 44.3 Å². The molecule has 3 aromatic rings. The van der Waals surface area contributed by atoms with Crippen molar-refractivity contribution < 1.29 is 53.9 Å². The summed E-state index contributed by atoms with van der Waals surface area (Å²) in [5.41, 5.74) is -3.83. The van der Waals surface area contributed by atoms with E-state index in [-0.39, 0.29) is 61.6 Å². The molecule has 272 valence electrons. The van der Waals surface area contributed by atoms with Gasteiger partial charge in [0.1, 0.15) is 16.6 Å². The van der Waals surface area contributed by atoms with Crippen LogP contribution in [0.15, 0.2) is 40.3 Å². The average Bonchev–Trinajstić information content (AvgIpc) is 3.64. The number of amides is 3. The number of nitrogens with one attached hydrogen (secondary N) is 1. The fourth-order valence-electron chi connectivity index (χ4n) is 6.31. The van der Waals surface area contributed by atoms with Crippen LogP contribution in [-0.4, -0.2) is 71.4 Å². The standard InChI is InChI=1S/C30H29BrF6N4O6S3/c1-3-6-20-28(47-23-9-8-21(49-23)30(35,36)37,10-5-12-40(20)26(43)24-17(29(32,33)34)7-4-11-38-24)27(44)41-15-19-16(14-22(31)48-19)13-18(41)25(42)39-50(2,45)46/h4,7-9,11,14,18,20H,3,5-6,10,12-13,15H2,1-2H3,(H,39,42)/t18-,20+,28-/m0/s1. The fourth-order valence-corrected chi connectivity index (χ4v) is 9.39. The van der Waals surface area contributed by atoms with Crippen molar-refractivity contribution in [2.24, 2.45) is 0 Å². The van der Waals surface area contributed by atoms with Gasteiger partial charge in [0.25, 0.3) is 17.7 Å². The summed E-state index contributed by atoms with van der Waals surface area (Å²) in [5, 5.41) is -0.358. The van der Waals surface area contributed by atoms with Gasteiger partial charge >= 0.3 is 12.4 Å². The molecule has 2 aliphatic heterocycles. The number of fused-ring (bicyclic) bond motifs is 1. The van der Waals surface area contributed by atoms with E-state index in [0.29, 0.717) is 20.3 Å². The van der Waals surface area contributed by atoms with Crippen molar-refractivity contribution in [3.8, 4) is 5.06 Å². The Kier molecular flexibility index (Phi) is 10.7. The van der Waals surface area contributed by atoms with Gasteiger partial charge in [0, 0.05) is 30.5 Å². The summed E-state index contributed by atoms with van der Waals surface area (Å²) in [5.74, 6) is -3.18. The average molecular weight is 832 g/mol. The Morgan fingerprint density at radius 3 is 2.44 bits per heavy atom. The first-order valence-corrected chi connectivity index (χ1v) is 19.4. The number of hydrogen-bond acceptors (Lipinski definition) is 9. The number of nitrogens with zero attached hydrogens (tertiary/aromatic N) is 3. The second-order valence-electron chi connectivity index (χ2n) is 11.8. The zero-order valence-corrected chi connectivity index (χ0v) is 30.3. The Bertz CT molecular complexity index is 1900. The van der Waals surface area contributed by atoms with E-state index in [2.05, 4.69) is 20.9 Å². The molecule has 5 heterocycles. The molecule has 0 radical (unpaired) electrons. The van der Waals surface area contributed by atoms with Gasteiger partial charge in [-0.3, -0.25) is 24.1 Å². The maximum atomic E-state index is 15.1. The molecule has 0 bridgehead atoms. The molecule has 3 atom stereocenters. The summed E-state index contributed by atoms with van der Waals surface area (Å²) in [7, 11) is -4.11. The second-order valence-corrected chi connectivity index (χ2v) is 17.1.